The first kappa shape index (κ1) is 13.6. The van der Waals surface area contributed by atoms with Gasteiger partial charge in [-0.15, -0.1) is 0 Å². The number of ether oxygens (including phenoxy) is 1. The molecule has 1 heterocycles. The summed E-state index contributed by atoms with van der Waals surface area (Å²) < 4.78 is 54.7. The molecule has 0 saturated carbocycles. The summed E-state index contributed by atoms with van der Waals surface area (Å²) in [4.78, 5) is 3.98. The Hall–Kier alpha value is -1.83. The number of hydrogen-bond acceptors (Lipinski definition) is 3. The van der Waals surface area contributed by atoms with E-state index in [0.29, 0.717) is 11.0 Å². The second-order valence-electron chi connectivity index (χ2n) is 3.92. The molecule has 0 amide bonds. The Morgan fingerprint density at radius 2 is 2.05 bits per heavy atom. The third-order valence-corrected chi connectivity index (χ3v) is 2.46. The van der Waals surface area contributed by atoms with Crippen molar-refractivity contribution < 1.29 is 22.3 Å². The highest BCUT2D eigenvalue weighted by molar-refractivity contribution is 5.78. The monoisotopic (exact) mass is 277 g/mol. The number of nitrogens with zero attached hydrogens (tertiary/aromatic N) is 2. The van der Waals surface area contributed by atoms with Crippen LogP contribution in [-0.4, -0.2) is 28.9 Å². The lowest BCUT2D eigenvalue weighted by molar-refractivity contribution is -0.174. The van der Waals surface area contributed by atoms with Crippen molar-refractivity contribution in [2.45, 2.75) is 12.7 Å². The molecule has 104 valence electrons. The summed E-state index contributed by atoms with van der Waals surface area (Å²) in [7, 11) is 0. The molecule has 0 saturated heterocycles. The molecule has 0 fully saturated rings. The minimum atomic E-state index is -4.37. The number of halogens is 4. The zero-order valence-corrected chi connectivity index (χ0v) is 9.75. The van der Waals surface area contributed by atoms with E-state index < -0.39 is 18.6 Å². The van der Waals surface area contributed by atoms with Crippen molar-refractivity contribution in [3.8, 4) is 0 Å². The third-order valence-electron chi connectivity index (χ3n) is 2.46. The van der Waals surface area contributed by atoms with Gasteiger partial charge in [0.25, 0.3) is 0 Å². The smallest absolute Gasteiger partial charge is 0.370 e. The molecule has 8 heteroatoms. The lowest BCUT2D eigenvalue weighted by atomic mass is 10.3. The number of fused-ring (bicyclic) bond motifs is 1. The van der Waals surface area contributed by atoms with Crippen LogP contribution in [0.1, 0.15) is 0 Å². The quantitative estimate of drug-likeness (QED) is 0.689. The summed E-state index contributed by atoms with van der Waals surface area (Å²) >= 11 is 0. The molecule has 0 radical (unpaired) electrons. The van der Waals surface area contributed by atoms with Crippen molar-refractivity contribution in [3.05, 3.63) is 24.0 Å². The molecular formula is C11H11F4N3O. The molecule has 4 nitrogen and oxygen atoms in total. The predicted octanol–water partition coefficient (Wildman–Crippen LogP) is 2.34. The molecule has 0 bridgehead atoms. The molecule has 0 atom stereocenters. The van der Waals surface area contributed by atoms with Gasteiger partial charge in [0, 0.05) is 6.54 Å². The van der Waals surface area contributed by atoms with Gasteiger partial charge in [-0.2, -0.15) is 13.2 Å². The SMILES string of the molecule is Nc1nc2ccc(F)cc2n1CCOCC(F)(F)F. The number of imidazole rings is 1. The highest BCUT2D eigenvalue weighted by atomic mass is 19.4. The van der Waals surface area contributed by atoms with E-state index in [1.807, 2.05) is 0 Å². The van der Waals surface area contributed by atoms with E-state index in [0.717, 1.165) is 0 Å². The summed E-state index contributed by atoms with van der Waals surface area (Å²) in [5.41, 5.74) is 6.53. The normalized spacial score (nSPS) is 12.2. The minimum Gasteiger partial charge on any atom is -0.370 e. The van der Waals surface area contributed by atoms with E-state index in [1.54, 1.807) is 0 Å². The second-order valence-corrected chi connectivity index (χ2v) is 3.92. The lowest BCUT2D eigenvalue weighted by Gasteiger charge is -2.09. The highest BCUT2D eigenvalue weighted by Gasteiger charge is 2.27. The number of aromatic nitrogens is 2. The summed E-state index contributed by atoms with van der Waals surface area (Å²) in [5.74, 6) is -0.360. The van der Waals surface area contributed by atoms with E-state index in [-0.39, 0.29) is 19.1 Å². The average Bonchev–Trinajstić information content (AvgIpc) is 2.59. The number of nitrogen functional groups attached to an aromatic ring is 1. The first-order valence-electron chi connectivity index (χ1n) is 5.42. The molecule has 2 aromatic rings. The highest BCUT2D eigenvalue weighted by Crippen LogP contribution is 2.19. The Bertz CT molecular complexity index is 579. The van der Waals surface area contributed by atoms with Crippen LogP contribution in [0.15, 0.2) is 18.2 Å². The predicted molar refractivity (Wildman–Crippen MR) is 61.0 cm³/mol. The van der Waals surface area contributed by atoms with E-state index in [1.165, 1.54) is 22.8 Å². The van der Waals surface area contributed by atoms with Crippen molar-refractivity contribution in [2.75, 3.05) is 18.9 Å². The van der Waals surface area contributed by atoms with Gasteiger partial charge in [0.15, 0.2) is 0 Å². The van der Waals surface area contributed by atoms with Crippen molar-refractivity contribution in [3.63, 3.8) is 0 Å². The van der Waals surface area contributed by atoms with E-state index in [9.17, 15) is 17.6 Å². The van der Waals surface area contributed by atoms with Crippen molar-refractivity contribution in [2.24, 2.45) is 0 Å². The van der Waals surface area contributed by atoms with Gasteiger partial charge in [0.1, 0.15) is 12.4 Å². The van der Waals surface area contributed by atoms with Crippen LogP contribution in [0.4, 0.5) is 23.5 Å². The molecule has 0 aliphatic heterocycles. The molecule has 2 rings (SSSR count). The van der Waals surface area contributed by atoms with Crippen LogP contribution in [0.25, 0.3) is 11.0 Å². The molecule has 0 aliphatic rings. The molecule has 1 aromatic heterocycles. The Morgan fingerprint density at radius 1 is 1.32 bits per heavy atom. The van der Waals surface area contributed by atoms with Gasteiger partial charge in [0.2, 0.25) is 5.95 Å². The molecule has 1 aromatic carbocycles. The number of alkyl halides is 3. The Labute approximate surface area is 105 Å². The maximum Gasteiger partial charge on any atom is 0.411 e. The zero-order valence-electron chi connectivity index (χ0n) is 9.75. The number of hydrogen-bond donors (Lipinski definition) is 1. The van der Waals surface area contributed by atoms with Crippen LogP contribution in [0.5, 0.6) is 0 Å². The number of anilines is 1. The number of benzene rings is 1. The van der Waals surface area contributed by atoms with Crippen LogP contribution in [-0.2, 0) is 11.3 Å². The molecular weight excluding hydrogens is 266 g/mol. The molecule has 2 N–H and O–H groups in total. The van der Waals surface area contributed by atoms with Gasteiger partial charge >= 0.3 is 6.18 Å². The lowest BCUT2D eigenvalue weighted by Crippen LogP contribution is -2.19. The van der Waals surface area contributed by atoms with Crippen LogP contribution in [0, 0.1) is 5.82 Å². The molecule has 0 aliphatic carbocycles. The summed E-state index contributed by atoms with van der Waals surface area (Å²) in [6, 6.07) is 3.91. The Kier molecular flexibility index (Phi) is 3.61. The second kappa shape index (κ2) is 5.04. The Balaban J connectivity index is 2.08. The van der Waals surface area contributed by atoms with Gasteiger partial charge in [-0.25, -0.2) is 9.37 Å². The van der Waals surface area contributed by atoms with Gasteiger partial charge in [-0.3, -0.25) is 0 Å². The minimum absolute atomic E-state index is 0.0713. The molecule has 0 spiro atoms. The largest absolute Gasteiger partial charge is 0.411 e. The number of nitrogens with two attached hydrogens (primary N) is 1. The van der Waals surface area contributed by atoms with E-state index >= 15 is 0 Å². The fourth-order valence-electron chi connectivity index (χ4n) is 1.69. The maximum atomic E-state index is 13.1. The van der Waals surface area contributed by atoms with E-state index in [2.05, 4.69) is 9.72 Å². The fraction of sp³-hybridized carbons (Fsp3) is 0.364. The first-order chi connectivity index (χ1) is 8.87. The van der Waals surface area contributed by atoms with Gasteiger partial charge in [-0.05, 0) is 18.2 Å². The summed E-state index contributed by atoms with van der Waals surface area (Å²) in [5, 5.41) is 0. The third kappa shape index (κ3) is 3.34. The first-order valence-corrected chi connectivity index (χ1v) is 5.42. The average molecular weight is 277 g/mol. The van der Waals surface area contributed by atoms with E-state index in [4.69, 9.17) is 5.73 Å². The van der Waals surface area contributed by atoms with Gasteiger partial charge < -0.3 is 15.0 Å². The standard InChI is InChI=1S/C11H11F4N3O/c12-7-1-2-8-9(5-7)18(10(16)17-8)3-4-19-6-11(13,14)15/h1-2,5H,3-4,6H2,(H2,16,17). The van der Waals surface area contributed by atoms with Crippen molar-refractivity contribution >= 4 is 17.0 Å². The topological polar surface area (TPSA) is 53.1 Å². The van der Waals surface area contributed by atoms with Crippen LogP contribution < -0.4 is 5.73 Å². The van der Waals surface area contributed by atoms with Crippen LogP contribution in [0.2, 0.25) is 0 Å². The van der Waals surface area contributed by atoms with Gasteiger partial charge in [-0.1, -0.05) is 0 Å². The number of rotatable bonds is 4. The van der Waals surface area contributed by atoms with Crippen LogP contribution >= 0.6 is 0 Å². The fourth-order valence-corrected chi connectivity index (χ4v) is 1.69. The zero-order chi connectivity index (χ0) is 14.0. The van der Waals surface area contributed by atoms with Crippen molar-refractivity contribution in [1.82, 2.24) is 9.55 Å². The molecule has 19 heavy (non-hydrogen) atoms. The van der Waals surface area contributed by atoms with Gasteiger partial charge in [0.05, 0.1) is 17.6 Å². The van der Waals surface area contributed by atoms with Crippen LogP contribution in [0.3, 0.4) is 0 Å². The van der Waals surface area contributed by atoms with Crippen molar-refractivity contribution in [1.29, 1.82) is 0 Å². The maximum absolute atomic E-state index is 13.1. The molecule has 0 unspecified atom stereocenters. The Morgan fingerprint density at radius 3 is 2.74 bits per heavy atom. The summed E-state index contributed by atoms with van der Waals surface area (Å²) in [6.07, 6.45) is -4.37. The summed E-state index contributed by atoms with van der Waals surface area (Å²) in [6.45, 7) is -1.44.